The molecule has 6 heterocycles. The minimum Gasteiger partial charge on any atom is -0.365 e. The van der Waals surface area contributed by atoms with Crippen molar-refractivity contribution in [3.63, 3.8) is 0 Å². The number of benzene rings is 14. The lowest BCUT2D eigenvalue weighted by Gasteiger charge is -2.57. The van der Waals surface area contributed by atoms with Crippen LogP contribution >= 0.6 is 11.8 Å². The smallest absolute Gasteiger partial charge is 0.252 e. The quantitative estimate of drug-likeness (QED) is 0.126. The van der Waals surface area contributed by atoms with Crippen LogP contribution in [0.3, 0.4) is 0 Å². The van der Waals surface area contributed by atoms with Crippen molar-refractivity contribution in [3.05, 3.63) is 327 Å². The first kappa shape index (κ1) is 61.4. The van der Waals surface area contributed by atoms with Crippen LogP contribution in [0, 0.1) is 11.8 Å². The summed E-state index contributed by atoms with van der Waals surface area (Å²) in [5.74, 6) is 1.63. The number of nitrogens with zero attached hydrogens (tertiary/aromatic N) is 4. The standard InChI is InChI=1S/C97H76B2N4S/c1-97(2,3)72-56-88-93-89(57-72)103(96-79(68-37-19-8-20-38-68)54-71(65-31-13-5-14-32-65)55-80(96)69-39-21-9-22-40-69)87-61-91-84(60-83(87)98(93)81-43-25-27-45-85(81)101(88)73-41-23-10-24-42-73)99-82-44-26-28-46-86(82)102(90-58-76(59-92(104-91)94(90)99)100-74-48-62-47-63(50-74)51-75(100)49-62)95-77(66-33-15-6-16-34-66)52-70(64-29-11-4-12-30-64)53-78(95)67-35-17-7-18-36-67/h4-46,52-63,74-75H,47-51H2,1-3H3. The summed E-state index contributed by atoms with van der Waals surface area (Å²) in [4.78, 5) is 13.7. The molecule has 4 fully saturated rings. The van der Waals surface area contributed by atoms with Gasteiger partial charge in [0.25, 0.3) is 6.71 Å². The molecule has 104 heavy (non-hydrogen) atoms. The molecule has 6 aliphatic heterocycles. The molecule has 4 nitrogen and oxygen atoms in total. The van der Waals surface area contributed by atoms with Gasteiger partial charge in [0.1, 0.15) is 0 Å². The molecule has 0 spiro atoms. The Balaban J connectivity index is 0.876. The highest BCUT2D eigenvalue weighted by atomic mass is 32.2. The van der Waals surface area contributed by atoms with E-state index in [1.54, 1.807) is 0 Å². The van der Waals surface area contributed by atoms with Gasteiger partial charge in [-0.15, -0.1) is 0 Å². The maximum Gasteiger partial charge on any atom is 0.252 e. The number of hydrogen-bond acceptors (Lipinski definition) is 5. The van der Waals surface area contributed by atoms with Gasteiger partial charge in [0.2, 0.25) is 6.71 Å². The third-order valence-electron chi connectivity index (χ3n) is 24.0. The van der Waals surface area contributed by atoms with Gasteiger partial charge in [0.05, 0.1) is 11.4 Å². The number of anilines is 10. The second-order valence-electron chi connectivity index (χ2n) is 31.1. The molecule has 0 amide bonds. The highest BCUT2D eigenvalue weighted by Crippen LogP contribution is 2.57. The lowest BCUT2D eigenvalue weighted by Crippen LogP contribution is -2.64. The molecule has 0 radical (unpaired) electrons. The van der Waals surface area contributed by atoms with Crippen LogP contribution in [0.15, 0.2) is 331 Å². The Morgan fingerprint density at radius 3 is 1.13 bits per heavy atom. The number of para-hydroxylation sites is 3. The summed E-state index contributed by atoms with van der Waals surface area (Å²) in [5.41, 5.74) is 35.5. The first-order chi connectivity index (χ1) is 51.2. The first-order valence-electron chi connectivity index (χ1n) is 37.5. The molecule has 0 unspecified atom stereocenters. The van der Waals surface area contributed by atoms with Gasteiger partial charge in [-0.2, -0.15) is 0 Å². The molecule has 22 rings (SSSR count). The second kappa shape index (κ2) is 24.2. The van der Waals surface area contributed by atoms with E-state index in [2.05, 4.69) is 362 Å². The number of piperidine rings is 2. The predicted molar refractivity (Wildman–Crippen MR) is 442 cm³/mol. The summed E-state index contributed by atoms with van der Waals surface area (Å²) >= 11 is 2.02. The Hall–Kier alpha value is -11.2. The van der Waals surface area contributed by atoms with E-state index < -0.39 is 0 Å². The fourth-order valence-corrected chi connectivity index (χ4v) is 20.9. The molecule has 7 heteroatoms. The largest absolute Gasteiger partial charge is 0.365 e. The van der Waals surface area contributed by atoms with Crippen LogP contribution in [0.5, 0.6) is 0 Å². The van der Waals surface area contributed by atoms with Crippen molar-refractivity contribution in [3.8, 4) is 66.8 Å². The summed E-state index contributed by atoms with van der Waals surface area (Å²) in [6.45, 7) is 6.93. The van der Waals surface area contributed by atoms with Gasteiger partial charge in [-0.25, -0.2) is 0 Å². The molecule has 0 N–H and O–H groups in total. The summed E-state index contributed by atoms with van der Waals surface area (Å²) in [6.07, 6.45) is 6.51. The van der Waals surface area contributed by atoms with Gasteiger partial charge in [0, 0.05) is 89.6 Å². The number of fused-ring (bicyclic) bond motifs is 8. The number of hydrogen-bond donors (Lipinski definition) is 0. The van der Waals surface area contributed by atoms with E-state index >= 15 is 0 Å². The minimum atomic E-state index is -0.220. The Labute approximate surface area is 616 Å². The normalized spacial score (nSPS) is 17.6. The van der Waals surface area contributed by atoms with Crippen LogP contribution in [0.1, 0.15) is 58.4 Å². The Kier molecular flexibility index (Phi) is 14.3. The van der Waals surface area contributed by atoms with Gasteiger partial charge < -0.3 is 19.6 Å². The van der Waals surface area contributed by atoms with E-state index in [1.807, 2.05) is 11.8 Å². The monoisotopic (exact) mass is 1350 g/mol. The summed E-state index contributed by atoms with van der Waals surface area (Å²) < 4.78 is 0. The molecule has 4 bridgehead atoms. The van der Waals surface area contributed by atoms with Gasteiger partial charge in [0.15, 0.2) is 0 Å². The van der Waals surface area contributed by atoms with Crippen LogP contribution in [0.4, 0.5) is 56.9 Å². The van der Waals surface area contributed by atoms with Crippen molar-refractivity contribution in [2.45, 2.75) is 80.2 Å². The van der Waals surface area contributed by atoms with E-state index in [9.17, 15) is 0 Å². The highest BCUT2D eigenvalue weighted by molar-refractivity contribution is 8.00. The first-order valence-corrected chi connectivity index (χ1v) is 38.3. The molecule has 14 aromatic carbocycles. The Morgan fingerprint density at radius 2 is 0.673 bits per heavy atom. The molecule has 0 aromatic heterocycles. The fourth-order valence-electron chi connectivity index (χ4n) is 19.7. The highest BCUT2D eigenvalue weighted by Gasteiger charge is 2.51. The number of rotatable bonds is 10. The molecular formula is C97H76B2N4S. The third-order valence-corrected chi connectivity index (χ3v) is 25.2. The van der Waals surface area contributed by atoms with E-state index in [1.165, 1.54) is 198 Å². The van der Waals surface area contributed by atoms with E-state index in [4.69, 9.17) is 0 Å². The molecule has 496 valence electrons. The van der Waals surface area contributed by atoms with E-state index in [0.717, 1.165) is 17.5 Å². The molecule has 14 aromatic rings. The van der Waals surface area contributed by atoms with Crippen molar-refractivity contribution < 1.29 is 0 Å². The summed E-state index contributed by atoms with van der Waals surface area (Å²) in [5, 5.41) is 0. The molecule has 0 atom stereocenters. The summed E-state index contributed by atoms with van der Waals surface area (Å²) in [6, 6.07) is 124. The molecular weight excluding hydrogens is 1270 g/mol. The Bertz CT molecular complexity index is 5580. The van der Waals surface area contributed by atoms with Crippen molar-refractivity contribution in [1.29, 1.82) is 0 Å². The fraction of sp³-hybridized carbons (Fsp3) is 0.134. The van der Waals surface area contributed by atoms with E-state index in [-0.39, 0.29) is 18.8 Å². The van der Waals surface area contributed by atoms with Crippen molar-refractivity contribution in [2.75, 3.05) is 19.6 Å². The second-order valence-corrected chi connectivity index (χ2v) is 32.2. The average Bonchev–Trinajstić information content (AvgIpc) is 0.687. The maximum absolute atomic E-state index is 2.95. The van der Waals surface area contributed by atoms with Crippen molar-refractivity contribution in [2.24, 2.45) is 11.8 Å². The molecule has 8 aliphatic rings. The van der Waals surface area contributed by atoms with Crippen LogP contribution < -0.4 is 52.4 Å². The predicted octanol–water partition coefficient (Wildman–Crippen LogP) is 21.6. The zero-order valence-electron chi connectivity index (χ0n) is 58.8. The van der Waals surface area contributed by atoms with E-state index in [0.29, 0.717) is 12.1 Å². The third kappa shape index (κ3) is 9.83. The van der Waals surface area contributed by atoms with Gasteiger partial charge in [-0.1, -0.05) is 281 Å². The van der Waals surface area contributed by atoms with Crippen LogP contribution in [-0.2, 0) is 5.41 Å². The zero-order chi connectivity index (χ0) is 68.9. The van der Waals surface area contributed by atoms with Crippen LogP contribution in [-0.4, -0.2) is 25.5 Å². The summed E-state index contributed by atoms with van der Waals surface area (Å²) in [7, 11) is 0. The average molecular weight is 1350 g/mol. The van der Waals surface area contributed by atoms with Gasteiger partial charge >= 0.3 is 0 Å². The maximum atomic E-state index is 2.95. The SMILES string of the molecule is CC(C)(C)c1cc2c3c(c1)N(c1c(-c4ccccc4)cc(-c4ccccc4)cc1-c1ccccc1)c1cc4c(cc1B3c1ccccc1N2c1ccccc1)B1c2ccccc2N(c2c(-c3ccccc3)cc(-c3ccccc3)cc2-c2ccccc2)c2cc(N3C5CC6CC(C5)CC3C6)cc(c21)S4. The zero-order valence-corrected chi connectivity index (χ0v) is 59.6. The van der Waals surface area contributed by atoms with Gasteiger partial charge in [-0.3, -0.25) is 0 Å². The Morgan fingerprint density at radius 1 is 0.288 bits per heavy atom. The molecule has 2 saturated heterocycles. The van der Waals surface area contributed by atoms with Crippen molar-refractivity contribution >= 4 is 115 Å². The van der Waals surface area contributed by atoms with Crippen molar-refractivity contribution in [1.82, 2.24) is 0 Å². The molecule has 2 aliphatic carbocycles. The topological polar surface area (TPSA) is 13.0 Å². The van der Waals surface area contributed by atoms with Crippen LogP contribution in [0.25, 0.3) is 66.8 Å². The van der Waals surface area contributed by atoms with Crippen LogP contribution in [0.2, 0.25) is 0 Å². The molecule has 2 saturated carbocycles. The lowest BCUT2D eigenvalue weighted by molar-refractivity contribution is 0.0900. The minimum absolute atomic E-state index is 0.109. The lowest BCUT2D eigenvalue weighted by atomic mass is 9.31. The van der Waals surface area contributed by atoms with Gasteiger partial charge in [-0.05, 0) is 206 Å².